The van der Waals surface area contributed by atoms with E-state index < -0.39 is 0 Å². The first-order valence-corrected chi connectivity index (χ1v) is 6.33. The molecule has 0 spiro atoms. The quantitative estimate of drug-likeness (QED) is 0.572. The highest BCUT2D eigenvalue weighted by Gasteiger charge is 2.49. The van der Waals surface area contributed by atoms with Crippen molar-refractivity contribution in [1.29, 1.82) is 0 Å². The molecule has 0 heterocycles. The van der Waals surface area contributed by atoms with Crippen molar-refractivity contribution >= 4 is 9.24 Å². The second-order valence-corrected chi connectivity index (χ2v) is 7.50. The minimum atomic E-state index is 0.170. The predicted octanol–water partition coefficient (Wildman–Crippen LogP) is 4.58. The van der Waals surface area contributed by atoms with Gasteiger partial charge in [-0.1, -0.05) is 65.3 Å². The van der Waals surface area contributed by atoms with Crippen molar-refractivity contribution in [2.45, 2.75) is 53.1 Å². The molecule has 0 aliphatic heterocycles. The van der Waals surface area contributed by atoms with Crippen molar-refractivity contribution in [3.05, 3.63) is 23.8 Å². The molecule has 0 nitrogen and oxygen atoms in total. The van der Waals surface area contributed by atoms with Gasteiger partial charge in [0.25, 0.3) is 0 Å². The van der Waals surface area contributed by atoms with Gasteiger partial charge < -0.3 is 0 Å². The van der Waals surface area contributed by atoms with Crippen molar-refractivity contribution in [2.24, 2.45) is 10.8 Å². The Bertz CT molecular complexity index is 280. The zero-order valence-corrected chi connectivity index (χ0v) is 12.2. The van der Waals surface area contributed by atoms with E-state index in [4.69, 9.17) is 0 Å². The van der Waals surface area contributed by atoms with E-state index in [2.05, 4.69) is 69.0 Å². The SMILES string of the molecule is CC(C)(C)C(P)(C1=CC=CC1)C(C)(C)C. The van der Waals surface area contributed by atoms with Crippen LogP contribution in [0.5, 0.6) is 0 Å². The fraction of sp³-hybridized carbons (Fsp3) is 0.714. The Morgan fingerprint density at radius 3 is 1.73 bits per heavy atom. The normalized spacial score (nSPS) is 18.2. The van der Waals surface area contributed by atoms with Crippen molar-refractivity contribution in [1.82, 2.24) is 0 Å². The van der Waals surface area contributed by atoms with E-state index in [0.717, 1.165) is 6.42 Å². The summed E-state index contributed by atoms with van der Waals surface area (Å²) in [6.45, 7) is 14.0. The zero-order valence-electron chi connectivity index (χ0n) is 11.0. The third kappa shape index (κ3) is 2.07. The summed E-state index contributed by atoms with van der Waals surface area (Å²) < 4.78 is 0. The first-order chi connectivity index (χ1) is 6.61. The average molecular weight is 224 g/mol. The highest BCUT2D eigenvalue weighted by atomic mass is 31.0. The molecule has 0 fully saturated rings. The van der Waals surface area contributed by atoms with E-state index >= 15 is 0 Å². The lowest BCUT2D eigenvalue weighted by Gasteiger charge is -2.52. The van der Waals surface area contributed by atoms with Crippen LogP contribution in [0.1, 0.15) is 48.0 Å². The van der Waals surface area contributed by atoms with Gasteiger partial charge >= 0.3 is 0 Å². The van der Waals surface area contributed by atoms with E-state index in [1.54, 1.807) is 5.57 Å². The summed E-state index contributed by atoms with van der Waals surface area (Å²) in [6, 6.07) is 0. The molecule has 0 bridgehead atoms. The zero-order chi connectivity index (χ0) is 11.9. The van der Waals surface area contributed by atoms with Crippen LogP contribution in [0.4, 0.5) is 0 Å². The summed E-state index contributed by atoms with van der Waals surface area (Å²) in [5.74, 6) is 0. The summed E-state index contributed by atoms with van der Waals surface area (Å²) in [7, 11) is 3.14. The lowest BCUT2D eigenvalue weighted by Crippen LogP contribution is -2.49. The van der Waals surface area contributed by atoms with Gasteiger partial charge in [0, 0.05) is 5.16 Å². The van der Waals surface area contributed by atoms with Crippen molar-refractivity contribution in [3.63, 3.8) is 0 Å². The largest absolute Gasteiger partial charge is 0.126 e. The lowest BCUT2D eigenvalue weighted by atomic mass is 9.62. The summed E-state index contributed by atoms with van der Waals surface area (Å²) in [4.78, 5) is 0. The van der Waals surface area contributed by atoms with Crippen LogP contribution in [0.3, 0.4) is 0 Å². The first-order valence-electron chi connectivity index (χ1n) is 5.76. The van der Waals surface area contributed by atoms with Crippen LogP contribution in [0.25, 0.3) is 0 Å². The van der Waals surface area contributed by atoms with Gasteiger partial charge in [-0.15, -0.1) is 9.24 Å². The molecule has 0 amide bonds. The second-order valence-electron chi connectivity index (χ2n) is 6.63. The molecule has 1 atom stereocenters. The first kappa shape index (κ1) is 13.0. The highest BCUT2D eigenvalue weighted by Crippen LogP contribution is 2.56. The van der Waals surface area contributed by atoms with Crippen LogP contribution in [-0.4, -0.2) is 5.16 Å². The Labute approximate surface area is 97.4 Å². The molecule has 0 saturated heterocycles. The van der Waals surface area contributed by atoms with E-state index in [1.165, 1.54) is 0 Å². The maximum atomic E-state index is 3.14. The highest BCUT2D eigenvalue weighted by molar-refractivity contribution is 7.19. The van der Waals surface area contributed by atoms with Gasteiger partial charge in [0.15, 0.2) is 0 Å². The maximum absolute atomic E-state index is 3.14. The number of hydrogen-bond donors (Lipinski definition) is 0. The molecular formula is C14H25P. The van der Waals surface area contributed by atoms with Crippen molar-refractivity contribution in [2.75, 3.05) is 0 Å². The molecule has 1 unspecified atom stereocenters. The molecular weight excluding hydrogens is 199 g/mol. The van der Waals surface area contributed by atoms with Gasteiger partial charge in [-0.05, 0) is 17.3 Å². The van der Waals surface area contributed by atoms with E-state index in [0.29, 0.717) is 0 Å². The van der Waals surface area contributed by atoms with E-state index in [-0.39, 0.29) is 16.0 Å². The fourth-order valence-electron chi connectivity index (χ4n) is 2.83. The van der Waals surface area contributed by atoms with Gasteiger partial charge in [-0.25, -0.2) is 0 Å². The summed E-state index contributed by atoms with van der Waals surface area (Å²) in [5, 5.41) is 0.170. The fourth-order valence-corrected chi connectivity index (χ4v) is 3.04. The predicted molar refractivity (Wildman–Crippen MR) is 73.2 cm³/mol. The summed E-state index contributed by atoms with van der Waals surface area (Å²) in [5.41, 5.74) is 2.06. The average Bonchev–Trinajstić information content (AvgIpc) is 2.49. The molecule has 0 radical (unpaired) electrons. The smallest absolute Gasteiger partial charge is 0.0159 e. The van der Waals surface area contributed by atoms with Crippen LogP contribution in [0.2, 0.25) is 0 Å². The summed E-state index contributed by atoms with van der Waals surface area (Å²) in [6.07, 6.45) is 7.85. The van der Waals surface area contributed by atoms with Crippen molar-refractivity contribution in [3.8, 4) is 0 Å². The Morgan fingerprint density at radius 1 is 1.00 bits per heavy atom. The lowest BCUT2D eigenvalue weighted by molar-refractivity contribution is 0.171. The third-order valence-corrected chi connectivity index (χ3v) is 5.75. The maximum Gasteiger partial charge on any atom is 0.0159 e. The molecule has 1 aliphatic carbocycles. The minimum Gasteiger partial charge on any atom is -0.126 e. The topological polar surface area (TPSA) is 0 Å². The monoisotopic (exact) mass is 224 g/mol. The molecule has 0 N–H and O–H groups in total. The van der Waals surface area contributed by atoms with E-state index in [9.17, 15) is 0 Å². The number of rotatable bonds is 1. The van der Waals surface area contributed by atoms with Crippen LogP contribution in [-0.2, 0) is 0 Å². The molecule has 1 heteroatoms. The van der Waals surface area contributed by atoms with Crippen LogP contribution in [0.15, 0.2) is 23.8 Å². The Kier molecular flexibility index (Phi) is 3.23. The van der Waals surface area contributed by atoms with Crippen molar-refractivity contribution < 1.29 is 0 Å². The van der Waals surface area contributed by atoms with Gasteiger partial charge in [0.1, 0.15) is 0 Å². The van der Waals surface area contributed by atoms with E-state index in [1.807, 2.05) is 0 Å². The molecule has 86 valence electrons. The molecule has 1 aliphatic rings. The Morgan fingerprint density at radius 2 is 1.47 bits per heavy atom. The Balaban J connectivity index is 3.20. The summed E-state index contributed by atoms with van der Waals surface area (Å²) >= 11 is 0. The molecule has 15 heavy (non-hydrogen) atoms. The molecule has 0 aromatic carbocycles. The van der Waals surface area contributed by atoms with Gasteiger partial charge in [-0.3, -0.25) is 0 Å². The van der Waals surface area contributed by atoms with Gasteiger partial charge in [-0.2, -0.15) is 0 Å². The third-order valence-electron chi connectivity index (χ3n) is 3.64. The molecule has 0 aromatic rings. The standard InChI is InChI=1S/C14H25P/c1-12(2,3)14(15,13(4,5)6)11-9-7-8-10-11/h7-9H,10,15H2,1-6H3. The van der Waals surface area contributed by atoms with Gasteiger partial charge in [0.2, 0.25) is 0 Å². The van der Waals surface area contributed by atoms with Crippen LogP contribution < -0.4 is 0 Å². The molecule has 0 saturated carbocycles. The molecule has 0 aromatic heterocycles. The second kappa shape index (κ2) is 3.74. The minimum absolute atomic E-state index is 0.170. The Hall–Kier alpha value is -0.0900. The van der Waals surface area contributed by atoms with Crippen LogP contribution >= 0.6 is 9.24 Å². The van der Waals surface area contributed by atoms with Crippen LogP contribution in [0, 0.1) is 10.8 Å². The molecule has 1 rings (SSSR count). The number of hydrogen-bond acceptors (Lipinski definition) is 0. The number of allylic oxidation sites excluding steroid dienone is 4. The van der Waals surface area contributed by atoms with Gasteiger partial charge in [0.05, 0.1) is 0 Å².